The minimum absolute atomic E-state index is 0.0603. The summed E-state index contributed by atoms with van der Waals surface area (Å²) in [6.45, 7) is 0. The second-order valence-corrected chi connectivity index (χ2v) is 7.41. The molecular formula is C23H15F3N2OS. The van der Waals surface area contributed by atoms with Gasteiger partial charge in [-0.1, -0.05) is 54.6 Å². The molecule has 1 saturated heterocycles. The molecule has 1 aliphatic heterocycles. The number of carbonyl (C=O) groups excluding carboxylic acids is 1. The van der Waals surface area contributed by atoms with Crippen LogP contribution in [0, 0.1) is 0 Å². The van der Waals surface area contributed by atoms with E-state index in [1.165, 1.54) is 29.2 Å². The lowest BCUT2D eigenvalue weighted by Gasteiger charge is -2.15. The van der Waals surface area contributed by atoms with E-state index in [1.807, 2.05) is 24.3 Å². The summed E-state index contributed by atoms with van der Waals surface area (Å²) >= 11 is 1.05. The predicted molar refractivity (Wildman–Crippen MR) is 114 cm³/mol. The van der Waals surface area contributed by atoms with Crippen molar-refractivity contribution in [1.29, 1.82) is 0 Å². The molecule has 0 N–H and O–H groups in total. The van der Waals surface area contributed by atoms with Crippen LogP contribution >= 0.6 is 11.8 Å². The van der Waals surface area contributed by atoms with Crippen LogP contribution in [0.4, 0.5) is 24.5 Å². The van der Waals surface area contributed by atoms with Gasteiger partial charge < -0.3 is 0 Å². The summed E-state index contributed by atoms with van der Waals surface area (Å²) in [5, 5.41) is 0.383. The zero-order chi connectivity index (χ0) is 21.1. The van der Waals surface area contributed by atoms with E-state index in [4.69, 9.17) is 0 Å². The molecule has 0 saturated carbocycles. The van der Waals surface area contributed by atoms with Crippen LogP contribution in [0.25, 0.3) is 6.08 Å². The number of benzene rings is 3. The van der Waals surface area contributed by atoms with Gasteiger partial charge >= 0.3 is 6.18 Å². The molecule has 0 bridgehead atoms. The van der Waals surface area contributed by atoms with Crippen LogP contribution < -0.4 is 4.90 Å². The number of rotatable bonds is 3. The molecule has 0 spiro atoms. The second kappa shape index (κ2) is 8.20. The number of para-hydroxylation sites is 2. The van der Waals surface area contributed by atoms with Crippen LogP contribution in [-0.4, -0.2) is 11.1 Å². The molecule has 1 fully saturated rings. The molecule has 0 aromatic heterocycles. The van der Waals surface area contributed by atoms with Crippen LogP contribution in [0.15, 0.2) is 94.8 Å². The fourth-order valence-electron chi connectivity index (χ4n) is 2.99. The molecule has 3 aromatic rings. The summed E-state index contributed by atoms with van der Waals surface area (Å²) in [6, 6.07) is 23.2. The van der Waals surface area contributed by atoms with E-state index in [2.05, 4.69) is 4.99 Å². The zero-order valence-electron chi connectivity index (χ0n) is 15.5. The second-order valence-electron chi connectivity index (χ2n) is 6.40. The number of aliphatic imine (C=N–C) groups is 1. The third kappa shape index (κ3) is 4.16. The van der Waals surface area contributed by atoms with Crippen molar-refractivity contribution in [3.63, 3.8) is 0 Å². The zero-order valence-corrected chi connectivity index (χ0v) is 16.3. The molecule has 0 radical (unpaired) electrons. The maximum Gasteiger partial charge on any atom is 0.416 e. The van der Waals surface area contributed by atoms with E-state index < -0.39 is 17.6 Å². The van der Waals surface area contributed by atoms with Gasteiger partial charge in [0.25, 0.3) is 5.91 Å². The molecule has 0 aliphatic carbocycles. The molecule has 4 rings (SSSR count). The highest BCUT2D eigenvalue weighted by atomic mass is 32.2. The average Bonchev–Trinajstić information content (AvgIpc) is 3.03. The number of carbonyl (C=O) groups is 1. The minimum atomic E-state index is -4.51. The normalized spacial score (nSPS) is 17.2. The highest BCUT2D eigenvalue weighted by molar-refractivity contribution is 8.19. The monoisotopic (exact) mass is 424 g/mol. The number of nitrogens with zero attached hydrogens (tertiary/aromatic N) is 2. The van der Waals surface area contributed by atoms with E-state index in [1.54, 1.807) is 36.4 Å². The van der Waals surface area contributed by atoms with Crippen molar-refractivity contribution >= 4 is 40.3 Å². The van der Waals surface area contributed by atoms with Crippen molar-refractivity contribution in [2.24, 2.45) is 4.99 Å². The number of amidine groups is 1. The first kappa shape index (κ1) is 20.0. The van der Waals surface area contributed by atoms with Gasteiger partial charge in [-0.05, 0) is 53.7 Å². The Hall–Kier alpha value is -3.32. The summed E-state index contributed by atoms with van der Waals surface area (Å²) in [5.74, 6) is -0.419. The first-order valence-corrected chi connectivity index (χ1v) is 9.84. The third-order valence-corrected chi connectivity index (χ3v) is 5.32. The van der Waals surface area contributed by atoms with Crippen molar-refractivity contribution in [1.82, 2.24) is 0 Å². The largest absolute Gasteiger partial charge is 0.416 e. The minimum Gasteiger partial charge on any atom is -0.268 e. The molecule has 150 valence electrons. The van der Waals surface area contributed by atoms with E-state index >= 15 is 0 Å². The fraction of sp³-hybridized carbons (Fsp3) is 0.0435. The highest BCUT2D eigenvalue weighted by Crippen LogP contribution is 2.39. The number of hydrogen-bond donors (Lipinski definition) is 0. The molecule has 0 atom stereocenters. The topological polar surface area (TPSA) is 32.7 Å². The standard InChI is InChI=1S/C23H15F3N2OS/c24-23(25,26)19-14-8-7-9-16(19)15-20-21(29)28(18-12-5-2-6-13-18)22(30-20)27-17-10-3-1-4-11-17/h1-15H/b20-15-,27-22?. The summed E-state index contributed by atoms with van der Waals surface area (Å²) in [7, 11) is 0. The van der Waals surface area contributed by atoms with Crippen LogP contribution in [0.2, 0.25) is 0 Å². The van der Waals surface area contributed by atoms with Crippen molar-refractivity contribution in [2.45, 2.75) is 6.18 Å². The first-order valence-electron chi connectivity index (χ1n) is 9.02. The smallest absolute Gasteiger partial charge is 0.268 e. The molecule has 1 aliphatic rings. The maximum absolute atomic E-state index is 13.4. The predicted octanol–water partition coefficient (Wildman–Crippen LogP) is 6.51. The molecule has 7 heteroatoms. The molecule has 1 amide bonds. The van der Waals surface area contributed by atoms with Crippen LogP contribution in [-0.2, 0) is 11.0 Å². The Morgan fingerprint density at radius 2 is 1.43 bits per heavy atom. The lowest BCUT2D eigenvalue weighted by Crippen LogP contribution is -2.28. The van der Waals surface area contributed by atoms with E-state index in [-0.39, 0.29) is 10.5 Å². The van der Waals surface area contributed by atoms with Crippen molar-refractivity contribution in [2.75, 3.05) is 4.90 Å². The van der Waals surface area contributed by atoms with Gasteiger partial charge in [-0.25, -0.2) is 4.99 Å². The highest BCUT2D eigenvalue weighted by Gasteiger charge is 2.36. The number of thioether (sulfide) groups is 1. The Balaban J connectivity index is 1.80. The lowest BCUT2D eigenvalue weighted by atomic mass is 10.1. The van der Waals surface area contributed by atoms with E-state index in [0.717, 1.165) is 17.8 Å². The Morgan fingerprint density at radius 3 is 2.10 bits per heavy atom. The Morgan fingerprint density at radius 1 is 0.833 bits per heavy atom. The van der Waals surface area contributed by atoms with Gasteiger partial charge in [-0.15, -0.1) is 0 Å². The molecule has 30 heavy (non-hydrogen) atoms. The van der Waals surface area contributed by atoms with Gasteiger partial charge in [0.1, 0.15) is 0 Å². The molecular weight excluding hydrogens is 409 g/mol. The van der Waals surface area contributed by atoms with Crippen molar-refractivity contribution in [3.05, 3.63) is 101 Å². The van der Waals surface area contributed by atoms with Gasteiger partial charge in [0.15, 0.2) is 5.17 Å². The van der Waals surface area contributed by atoms with Gasteiger partial charge in [0.05, 0.1) is 21.8 Å². The maximum atomic E-state index is 13.4. The first-order chi connectivity index (χ1) is 14.4. The summed E-state index contributed by atoms with van der Waals surface area (Å²) in [4.78, 5) is 19.3. The number of anilines is 1. The summed E-state index contributed by atoms with van der Waals surface area (Å²) < 4.78 is 40.1. The SMILES string of the molecule is O=C1/C(=C/c2ccccc2C(F)(F)F)SC(=Nc2ccccc2)N1c1ccccc1. The van der Waals surface area contributed by atoms with Crippen molar-refractivity contribution in [3.8, 4) is 0 Å². The number of hydrogen-bond acceptors (Lipinski definition) is 3. The van der Waals surface area contributed by atoms with Gasteiger partial charge in [0.2, 0.25) is 0 Å². The number of alkyl halides is 3. The number of halogens is 3. The van der Waals surface area contributed by atoms with Gasteiger partial charge in [-0.2, -0.15) is 13.2 Å². The van der Waals surface area contributed by atoms with Gasteiger partial charge in [-0.3, -0.25) is 9.69 Å². The van der Waals surface area contributed by atoms with Crippen LogP contribution in [0.1, 0.15) is 11.1 Å². The Bertz CT molecular complexity index is 1130. The van der Waals surface area contributed by atoms with E-state index in [0.29, 0.717) is 16.5 Å². The molecule has 3 nitrogen and oxygen atoms in total. The molecule has 0 unspecified atom stereocenters. The summed E-state index contributed by atoms with van der Waals surface area (Å²) in [6.07, 6.45) is -3.24. The Labute approximate surface area is 175 Å². The van der Waals surface area contributed by atoms with Crippen molar-refractivity contribution < 1.29 is 18.0 Å². The molecule has 1 heterocycles. The lowest BCUT2D eigenvalue weighted by molar-refractivity contribution is -0.137. The van der Waals surface area contributed by atoms with Crippen LogP contribution in [0.3, 0.4) is 0 Å². The fourth-order valence-corrected chi connectivity index (χ4v) is 3.98. The molecule has 3 aromatic carbocycles. The van der Waals surface area contributed by atoms with Crippen LogP contribution in [0.5, 0.6) is 0 Å². The third-order valence-electron chi connectivity index (χ3n) is 4.35. The average molecular weight is 424 g/mol. The summed E-state index contributed by atoms with van der Waals surface area (Å²) in [5.41, 5.74) is 0.392. The van der Waals surface area contributed by atoms with Gasteiger partial charge in [0, 0.05) is 0 Å². The number of amides is 1. The van der Waals surface area contributed by atoms with E-state index in [9.17, 15) is 18.0 Å². The Kier molecular flexibility index (Phi) is 5.46. The quantitative estimate of drug-likeness (QED) is 0.449.